The number of imide groups is 1. The summed E-state index contributed by atoms with van der Waals surface area (Å²) < 4.78 is 12.0. The van der Waals surface area contributed by atoms with E-state index >= 15 is 0 Å². The third kappa shape index (κ3) is 6.54. The minimum absolute atomic E-state index is 0.230. The third-order valence-electron chi connectivity index (χ3n) is 5.19. The van der Waals surface area contributed by atoms with Crippen LogP contribution in [0.2, 0.25) is 5.02 Å². The van der Waals surface area contributed by atoms with Crippen LogP contribution in [-0.2, 0) is 9.59 Å². The number of hydrogen-bond acceptors (Lipinski definition) is 6. The average molecular weight is 602 g/mol. The van der Waals surface area contributed by atoms with Gasteiger partial charge in [0.15, 0.2) is 18.1 Å². The normalized spacial score (nSPS) is 14.3. The summed E-state index contributed by atoms with van der Waals surface area (Å²) in [6.45, 7) is 3.92. The van der Waals surface area contributed by atoms with Crippen LogP contribution < -0.4 is 19.7 Å². The van der Waals surface area contributed by atoms with Crippen LogP contribution in [0.15, 0.2) is 70.0 Å². The van der Waals surface area contributed by atoms with Gasteiger partial charge in [0.05, 0.1) is 21.7 Å². The van der Waals surface area contributed by atoms with E-state index in [2.05, 4.69) is 21.2 Å². The monoisotopic (exact) mass is 600 g/mol. The SMILES string of the molecule is CCOc1cc(/C=C2/SC(=O)N(c3ccc(Cl)cc3)C2=O)cc(Br)c1OCC(=O)Nc1ccc(C)cc1. The van der Waals surface area contributed by atoms with Crippen LogP contribution in [0, 0.1) is 6.92 Å². The van der Waals surface area contributed by atoms with Gasteiger partial charge in [0.2, 0.25) is 0 Å². The van der Waals surface area contributed by atoms with Crippen molar-refractivity contribution in [3.63, 3.8) is 0 Å². The Bertz CT molecular complexity index is 1380. The molecule has 190 valence electrons. The number of nitrogens with zero attached hydrogens (tertiary/aromatic N) is 1. The van der Waals surface area contributed by atoms with Crippen LogP contribution in [0.1, 0.15) is 18.1 Å². The molecule has 0 saturated carbocycles. The summed E-state index contributed by atoms with van der Waals surface area (Å²) in [5, 5.41) is 2.89. The maximum atomic E-state index is 13.0. The highest BCUT2D eigenvalue weighted by atomic mass is 79.9. The summed E-state index contributed by atoms with van der Waals surface area (Å²) in [6.07, 6.45) is 1.61. The van der Waals surface area contributed by atoms with Crippen molar-refractivity contribution in [1.82, 2.24) is 0 Å². The second-order valence-corrected chi connectivity index (χ2v) is 10.2. The molecule has 1 aliphatic heterocycles. The molecule has 1 aliphatic rings. The fourth-order valence-corrected chi connectivity index (χ4v) is 5.02. The summed E-state index contributed by atoms with van der Waals surface area (Å²) in [5.41, 5.74) is 2.83. The number of benzene rings is 3. The van der Waals surface area contributed by atoms with Crippen LogP contribution in [0.5, 0.6) is 11.5 Å². The molecule has 0 unspecified atom stereocenters. The van der Waals surface area contributed by atoms with Crippen molar-refractivity contribution in [2.45, 2.75) is 13.8 Å². The number of aryl methyl sites for hydroxylation is 1. The summed E-state index contributed by atoms with van der Waals surface area (Å²) in [4.78, 5) is 39.3. The van der Waals surface area contributed by atoms with E-state index in [0.717, 1.165) is 22.2 Å². The van der Waals surface area contributed by atoms with Gasteiger partial charge in [-0.1, -0.05) is 29.3 Å². The lowest BCUT2D eigenvalue weighted by atomic mass is 10.1. The van der Waals surface area contributed by atoms with Crippen LogP contribution in [0.3, 0.4) is 0 Å². The standard InChI is InChI=1S/C27H22BrClN2O5S/c1-3-35-22-13-17(14-23-26(33)31(27(34)37-23)20-10-6-18(29)7-11-20)12-21(28)25(22)36-15-24(32)30-19-8-4-16(2)5-9-19/h4-14H,3,15H2,1-2H3,(H,30,32)/b23-14+. The van der Waals surface area contributed by atoms with Crippen molar-refractivity contribution < 1.29 is 23.9 Å². The Morgan fingerprint density at radius 3 is 2.46 bits per heavy atom. The molecule has 3 aromatic rings. The molecule has 0 aliphatic carbocycles. The van der Waals surface area contributed by atoms with Crippen molar-refractivity contribution in [2.75, 3.05) is 23.4 Å². The second-order valence-electron chi connectivity index (χ2n) is 7.96. The van der Waals surface area contributed by atoms with Crippen LogP contribution in [-0.4, -0.2) is 30.3 Å². The van der Waals surface area contributed by atoms with Crippen molar-refractivity contribution in [1.29, 1.82) is 0 Å². The quantitative estimate of drug-likeness (QED) is 0.278. The molecule has 1 N–H and O–H groups in total. The summed E-state index contributed by atoms with van der Waals surface area (Å²) in [7, 11) is 0. The topological polar surface area (TPSA) is 84.9 Å². The van der Waals surface area contributed by atoms with Gasteiger partial charge >= 0.3 is 0 Å². The predicted octanol–water partition coefficient (Wildman–Crippen LogP) is 7.07. The molecule has 10 heteroatoms. The first kappa shape index (κ1) is 26.8. The zero-order valence-corrected chi connectivity index (χ0v) is 23.1. The molecule has 0 aromatic heterocycles. The van der Waals surface area contributed by atoms with Crippen molar-refractivity contribution in [3.8, 4) is 11.5 Å². The van der Waals surface area contributed by atoms with Crippen LogP contribution in [0.4, 0.5) is 16.2 Å². The van der Waals surface area contributed by atoms with Crippen molar-refractivity contribution in [2.24, 2.45) is 0 Å². The Kier molecular flexibility index (Phi) is 8.58. The van der Waals surface area contributed by atoms with Gasteiger partial charge in [0.25, 0.3) is 17.1 Å². The minimum Gasteiger partial charge on any atom is -0.490 e. The van der Waals surface area contributed by atoms with Crippen LogP contribution in [0.25, 0.3) is 6.08 Å². The van der Waals surface area contributed by atoms with E-state index in [9.17, 15) is 14.4 Å². The van der Waals surface area contributed by atoms with Gasteiger partial charge in [-0.3, -0.25) is 14.4 Å². The largest absolute Gasteiger partial charge is 0.490 e. The number of nitrogens with one attached hydrogen (secondary N) is 1. The minimum atomic E-state index is -0.431. The number of amides is 3. The summed E-state index contributed by atoms with van der Waals surface area (Å²) in [6, 6.07) is 17.3. The van der Waals surface area contributed by atoms with Gasteiger partial charge < -0.3 is 14.8 Å². The van der Waals surface area contributed by atoms with Gasteiger partial charge in [-0.25, -0.2) is 4.90 Å². The van der Waals surface area contributed by atoms with E-state index in [1.165, 1.54) is 0 Å². The first-order valence-corrected chi connectivity index (χ1v) is 13.2. The molecule has 37 heavy (non-hydrogen) atoms. The van der Waals surface area contributed by atoms with Crippen LogP contribution >= 0.6 is 39.3 Å². The fourth-order valence-electron chi connectivity index (χ4n) is 3.48. The highest BCUT2D eigenvalue weighted by Gasteiger charge is 2.36. The second kappa shape index (κ2) is 11.9. The number of rotatable bonds is 8. The Hall–Kier alpha value is -3.27. The van der Waals surface area contributed by atoms with E-state index in [1.807, 2.05) is 38.1 Å². The molecule has 4 rings (SSSR count). The molecule has 0 bridgehead atoms. The first-order chi connectivity index (χ1) is 17.7. The molecular formula is C27H22BrClN2O5S. The fraction of sp³-hybridized carbons (Fsp3) is 0.148. The predicted molar refractivity (Wildman–Crippen MR) is 151 cm³/mol. The van der Waals surface area contributed by atoms with Crippen molar-refractivity contribution in [3.05, 3.63) is 86.2 Å². The maximum absolute atomic E-state index is 13.0. The Morgan fingerprint density at radius 1 is 1.08 bits per heavy atom. The molecule has 0 spiro atoms. The van der Waals surface area contributed by atoms with Gasteiger partial charge in [-0.05, 0) is 102 Å². The lowest BCUT2D eigenvalue weighted by Crippen LogP contribution is -2.27. The number of anilines is 2. The number of hydrogen-bond donors (Lipinski definition) is 1. The third-order valence-corrected chi connectivity index (χ3v) is 6.90. The van der Waals surface area contributed by atoms with E-state index in [0.29, 0.717) is 44.5 Å². The summed E-state index contributed by atoms with van der Waals surface area (Å²) in [5.74, 6) is -0.00632. The average Bonchev–Trinajstić information content (AvgIpc) is 3.13. The molecule has 1 fully saturated rings. The molecule has 0 radical (unpaired) electrons. The molecule has 0 atom stereocenters. The number of thioether (sulfide) groups is 1. The molecule has 1 heterocycles. The van der Waals surface area contributed by atoms with Gasteiger partial charge in [-0.2, -0.15) is 0 Å². The zero-order valence-electron chi connectivity index (χ0n) is 19.9. The Balaban J connectivity index is 1.51. The molecule has 3 amide bonds. The van der Waals surface area contributed by atoms with Gasteiger partial charge in [0.1, 0.15) is 0 Å². The highest BCUT2D eigenvalue weighted by Crippen LogP contribution is 2.40. The molecule has 1 saturated heterocycles. The van der Waals surface area contributed by atoms with Gasteiger partial charge in [-0.15, -0.1) is 0 Å². The number of ether oxygens (including phenoxy) is 2. The Labute approximate surface area is 231 Å². The molecule has 3 aromatic carbocycles. The number of carbonyl (C=O) groups is 3. The van der Waals surface area contributed by atoms with E-state index in [1.54, 1.807) is 42.5 Å². The van der Waals surface area contributed by atoms with E-state index in [-0.39, 0.29) is 17.4 Å². The van der Waals surface area contributed by atoms with E-state index in [4.69, 9.17) is 21.1 Å². The lowest BCUT2D eigenvalue weighted by molar-refractivity contribution is -0.118. The molecular weight excluding hydrogens is 580 g/mol. The number of carbonyl (C=O) groups excluding carboxylic acids is 3. The smallest absolute Gasteiger partial charge is 0.298 e. The zero-order chi connectivity index (χ0) is 26.5. The van der Waals surface area contributed by atoms with Crippen molar-refractivity contribution >= 4 is 73.8 Å². The summed E-state index contributed by atoms with van der Waals surface area (Å²) >= 11 is 10.2. The van der Waals surface area contributed by atoms with Gasteiger partial charge in [0, 0.05) is 10.7 Å². The lowest BCUT2D eigenvalue weighted by Gasteiger charge is -2.15. The molecule has 7 nitrogen and oxygen atoms in total. The Morgan fingerprint density at radius 2 is 1.78 bits per heavy atom. The first-order valence-electron chi connectivity index (χ1n) is 11.2. The number of halogens is 2. The van der Waals surface area contributed by atoms with E-state index < -0.39 is 11.1 Å². The highest BCUT2D eigenvalue weighted by molar-refractivity contribution is 9.10. The maximum Gasteiger partial charge on any atom is 0.298 e.